The third-order valence-corrected chi connectivity index (χ3v) is 6.88. The van der Waals surface area contributed by atoms with E-state index < -0.39 is 10.0 Å². The molecule has 0 aromatic heterocycles. The average molecular weight is 400 g/mol. The fourth-order valence-corrected chi connectivity index (χ4v) is 4.88. The van der Waals surface area contributed by atoms with Crippen molar-refractivity contribution in [3.8, 4) is 11.1 Å². The maximum atomic E-state index is 12.8. The number of carbonyl (C=O) groups excluding carboxylic acids is 1. The van der Waals surface area contributed by atoms with Crippen molar-refractivity contribution in [2.45, 2.75) is 25.3 Å². The van der Waals surface area contributed by atoms with Gasteiger partial charge in [-0.1, -0.05) is 36.4 Å². The maximum absolute atomic E-state index is 12.8. The lowest BCUT2D eigenvalue weighted by atomic mass is 10.0. The molecule has 7 heteroatoms. The van der Waals surface area contributed by atoms with E-state index in [0.717, 1.165) is 17.7 Å². The van der Waals surface area contributed by atoms with E-state index in [1.54, 1.807) is 4.90 Å². The third-order valence-electron chi connectivity index (χ3n) is 5.58. The van der Waals surface area contributed by atoms with Crippen LogP contribution in [0.4, 0.5) is 10.5 Å². The van der Waals surface area contributed by atoms with Crippen molar-refractivity contribution in [2.24, 2.45) is 0 Å². The summed E-state index contributed by atoms with van der Waals surface area (Å²) in [6.45, 7) is 1.59. The molecule has 0 aliphatic carbocycles. The second kappa shape index (κ2) is 7.56. The van der Waals surface area contributed by atoms with Crippen LogP contribution >= 0.6 is 0 Å². The zero-order valence-electron chi connectivity index (χ0n) is 16.0. The molecule has 1 saturated heterocycles. The Kier molecular flexibility index (Phi) is 5.12. The number of nitrogens with one attached hydrogen (secondary N) is 1. The van der Waals surface area contributed by atoms with Gasteiger partial charge in [-0.3, -0.25) is 4.90 Å². The number of nitrogens with zero attached hydrogens (tertiary/aromatic N) is 2. The predicted molar refractivity (Wildman–Crippen MR) is 111 cm³/mol. The monoisotopic (exact) mass is 399 g/mol. The predicted octanol–water partition coefficient (Wildman–Crippen LogP) is 2.85. The molecule has 4 rings (SSSR count). The van der Waals surface area contributed by atoms with Crippen LogP contribution in [0.5, 0.6) is 0 Å². The standard InChI is InChI=1S/C21H25N3O3S/c1-28(26,27)23-12-10-19(11-13-23)22-21(25)24-14-9-18-15-17(7-8-20(18)24)16-5-3-2-4-6-16/h2-8,15,19H,9-14H2,1H3,(H,22,25). The summed E-state index contributed by atoms with van der Waals surface area (Å²) < 4.78 is 24.7. The summed E-state index contributed by atoms with van der Waals surface area (Å²) in [7, 11) is -3.15. The summed E-state index contributed by atoms with van der Waals surface area (Å²) in [5, 5.41) is 3.09. The lowest BCUT2D eigenvalue weighted by molar-refractivity contribution is 0.233. The number of benzene rings is 2. The average Bonchev–Trinajstić information content (AvgIpc) is 3.12. The highest BCUT2D eigenvalue weighted by molar-refractivity contribution is 7.88. The molecule has 6 nitrogen and oxygen atoms in total. The van der Waals surface area contributed by atoms with Crippen LogP contribution in [0.25, 0.3) is 11.1 Å². The first-order valence-electron chi connectivity index (χ1n) is 9.63. The minimum Gasteiger partial charge on any atom is -0.335 e. The number of anilines is 1. The van der Waals surface area contributed by atoms with Crippen molar-refractivity contribution in [3.05, 3.63) is 54.1 Å². The molecule has 1 N–H and O–H groups in total. The Bertz CT molecular complexity index is 968. The Balaban J connectivity index is 1.41. The second-order valence-electron chi connectivity index (χ2n) is 7.50. The van der Waals surface area contributed by atoms with Crippen molar-refractivity contribution < 1.29 is 13.2 Å². The van der Waals surface area contributed by atoms with Gasteiger partial charge in [-0.2, -0.15) is 0 Å². The molecule has 0 radical (unpaired) electrons. The van der Waals surface area contributed by atoms with Gasteiger partial charge < -0.3 is 5.32 Å². The lowest BCUT2D eigenvalue weighted by Gasteiger charge is -2.31. The molecule has 2 amide bonds. The van der Waals surface area contributed by atoms with E-state index in [9.17, 15) is 13.2 Å². The molecular weight excluding hydrogens is 374 g/mol. The number of fused-ring (bicyclic) bond motifs is 1. The summed E-state index contributed by atoms with van der Waals surface area (Å²) >= 11 is 0. The zero-order chi connectivity index (χ0) is 19.7. The quantitative estimate of drug-likeness (QED) is 0.863. The zero-order valence-corrected chi connectivity index (χ0v) is 16.8. The van der Waals surface area contributed by atoms with E-state index in [-0.39, 0.29) is 12.1 Å². The molecule has 2 aromatic carbocycles. The molecule has 1 fully saturated rings. The number of hydrogen-bond donors (Lipinski definition) is 1. The van der Waals surface area contributed by atoms with Crippen molar-refractivity contribution >= 4 is 21.7 Å². The van der Waals surface area contributed by atoms with Crippen LogP contribution in [-0.2, 0) is 16.4 Å². The minimum atomic E-state index is -3.15. The van der Waals surface area contributed by atoms with Crippen LogP contribution in [0.1, 0.15) is 18.4 Å². The van der Waals surface area contributed by atoms with Crippen molar-refractivity contribution in [3.63, 3.8) is 0 Å². The molecule has 28 heavy (non-hydrogen) atoms. The van der Waals surface area contributed by atoms with Crippen molar-refractivity contribution in [2.75, 3.05) is 30.8 Å². The van der Waals surface area contributed by atoms with Gasteiger partial charge in [0.05, 0.1) is 6.26 Å². The highest BCUT2D eigenvalue weighted by Crippen LogP contribution is 2.32. The topological polar surface area (TPSA) is 69.7 Å². The van der Waals surface area contributed by atoms with E-state index in [2.05, 4.69) is 29.6 Å². The largest absolute Gasteiger partial charge is 0.335 e. The van der Waals surface area contributed by atoms with Gasteiger partial charge in [-0.15, -0.1) is 0 Å². The first-order chi connectivity index (χ1) is 13.4. The summed E-state index contributed by atoms with van der Waals surface area (Å²) in [6, 6.07) is 16.4. The molecule has 2 aromatic rings. The van der Waals surface area contributed by atoms with E-state index in [4.69, 9.17) is 0 Å². The number of amides is 2. The molecular formula is C21H25N3O3S. The number of hydrogen-bond acceptors (Lipinski definition) is 3. The number of piperidine rings is 1. The molecule has 0 spiro atoms. The van der Waals surface area contributed by atoms with Gasteiger partial charge in [0.25, 0.3) is 0 Å². The van der Waals surface area contributed by atoms with Gasteiger partial charge in [0.1, 0.15) is 0 Å². The summed E-state index contributed by atoms with van der Waals surface area (Å²) in [5.74, 6) is 0. The van der Waals surface area contributed by atoms with E-state index >= 15 is 0 Å². The van der Waals surface area contributed by atoms with Crippen LogP contribution in [-0.4, -0.2) is 50.7 Å². The molecule has 0 unspecified atom stereocenters. The van der Waals surface area contributed by atoms with Gasteiger partial charge in [-0.25, -0.2) is 17.5 Å². The Morgan fingerprint density at radius 2 is 1.71 bits per heavy atom. The van der Waals surface area contributed by atoms with Crippen molar-refractivity contribution in [1.82, 2.24) is 9.62 Å². The summed E-state index contributed by atoms with van der Waals surface area (Å²) in [5.41, 5.74) is 4.48. The van der Waals surface area contributed by atoms with Crippen LogP contribution in [0.2, 0.25) is 0 Å². The minimum absolute atomic E-state index is 0.0122. The fourth-order valence-electron chi connectivity index (χ4n) is 4.01. The lowest BCUT2D eigenvalue weighted by Crippen LogP contribution is -2.49. The molecule has 148 valence electrons. The Hall–Kier alpha value is -2.38. The Morgan fingerprint density at radius 1 is 1.00 bits per heavy atom. The molecule has 2 aliphatic heterocycles. The molecule has 0 atom stereocenters. The fraction of sp³-hybridized carbons (Fsp3) is 0.381. The molecule has 2 heterocycles. The molecule has 0 saturated carbocycles. The van der Waals surface area contributed by atoms with Crippen LogP contribution in [0.3, 0.4) is 0 Å². The number of carbonyl (C=O) groups is 1. The highest BCUT2D eigenvalue weighted by Gasteiger charge is 2.29. The first-order valence-corrected chi connectivity index (χ1v) is 11.5. The van der Waals surface area contributed by atoms with Gasteiger partial charge in [-0.05, 0) is 48.1 Å². The highest BCUT2D eigenvalue weighted by atomic mass is 32.2. The Labute approximate surface area is 166 Å². The third kappa shape index (κ3) is 3.91. The van der Waals surface area contributed by atoms with E-state index in [1.807, 2.05) is 24.3 Å². The van der Waals surface area contributed by atoms with Crippen LogP contribution in [0.15, 0.2) is 48.5 Å². The molecule has 0 bridgehead atoms. The van der Waals surface area contributed by atoms with Gasteiger partial charge >= 0.3 is 6.03 Å². The SMILES string of the molecule is CS(=O)(=O)N1CCC(NC(=O)N2CCc3cc(-c4ccccc4)ccc32)CC1. The first kappa shape index (κ1) is 19.0. The number of urea groups is 1. The van der Waals surface area contributed by atoms with Gasteiger partial charge in [0.2, 0.25) is 10.0 Å². The van der Waals surface area contributed by atoms with Gasteiger partial charge in [0, 0.05) is 31.4 Å². The number of sulfonamides is 1. The van der Waals surface area contributed by atoms with Gasteiger partial charge in [0.15, 0.2) is 0 Å². The van der Waals surface area contributed by atoms with E-state index in [1.165, 1.54) is 21.7 Å². The number of rotatable bonds is 3. The van der Waals surface area contributed by atoms with Crippen LogP contribution in [0, 0.1) is 0 Å². The van der Waals surface area contributed by atoms with Crippen molar-refractivity contribution in [1.29, 1.82) is 0 Å². The second-order valence-corrected chi connectivity index (χ2v) is 9.48. The smallest absolute Gasteiger partial charge is 0.322 e. The normalized spacial score (nSPS) is 18.1. The molecule has 2 aliphatic rings. The van der Waals surface area contributed by atoms with E-state index in [0.29, 0.717) is 32.5 Å². The Morgan fingerprint density at radius 3 is 2.39 bits per heavy atom. The maximum Gasteiger partial charge on any atom is 0.322 e. The van der Waals surface area contributed by atoms with Crippen LogP contribution < -0.4 is 10.2 Å². The summed E-state index contributed by atoms with van der Waals surface area (Å²) in [6.07, 6.45) is 3.37. The summed E-state index contributed by atoms with van der Waals surface area (Å²) in [4.78, 5) is 14.6.